The topological polar surface area (TPSA) is 69.7 Å². The summed E-state index contributed by atoms with van der Waals surface area (Å²) in [5.41, 5.74) is 0. The lowest BCUT2D eigenvalue weighted by molar-refractivity contribution is -0.132. The molecule has 1 aliphatic heterocycles. The number of rotatable bonds is 2. The average molecular weight is 249 g/mol. The third-order valence-corrected chi connectivity index (χ3v) is 3.88. The summed E-state index contributed by atoms with van der Waals surface area (Å²) in [5.74, 6) is -0.338. The first-order valence-corrected chi connectivity index (χ1v) is 7.04. The molecule has 7 heteroatoms. The quantitative estimate of drug-likeness (QED) is 0.650. The van der Waals surface area contributed by atoms with E-state index in [1.165, 1.54) is 15.5 Å². The number of nitrogens with zero attached hydrogens (tertiary/aromatic N) is 2. The van der Waals surface area contributed by atoms with Crippen molar-refractivity contribution in [1.82, 2.24) is 14.5 Å². The highest BCUT2D eigenvalue weighted by atomic mass is 32.2. The van der Waals surface area contributed by atoms with E-state index < -0.39 is 10.0 Å². The molecule has 1 N–H and O–H groups in total. The number of hydrogen-bond donors (Lipinski definition) is 1. The molecule has 1 aliphatic rings. The molecule has 94 valence electrons. The van der Waals surface area contributed by atoms with Gasteiger partial charge >= 0.3 is 0 Å². The summed E-state index contributed by atoms with van der Waals surface area (Å²) in [5, 5.41) is 3.08. The molecule has 0 aliphatic carbocycles. The van der Waals surface area contributed by atoms with Crippen LogP contribution >= 0.6 is 0 Å². The van der Waals surface area contributed by atoms with E-state index in [-0.39, 0.29) is 18.4 Å². The molecular formula is C9H19N3O3S. The summed E-state index contributed by atoms with van der Waals surface area (Å²) in [4.78, 5) is 13.3. The van der Waals surface area contributed by atoms with Crippen molar-refractivity contribution in [1.29, 1.82) is 0 Å². The predicted molar refractivity (Wildman–Crippen MR) is 61.5 cm³/mol. The molecule has 1 rings (SSSR count). The van der Waals surface area contributed by atoms with Crippen LogP contribution in [0.1, 0.15) is 0 Å². The molecule has 0 aromatic heterocycles. The van der Waals surface area contributed by atoms with Gasteiger partial charge in [0, 0.05) is 40.3 Å². The van der Waals surface area contributed by atoms with E-state index in [1.54, 1.807) is 14.1 Å². The van der Waals surface area contributed by atoms with Gasteiger partial charge in [-0.1, -0.05) is 0 Å². The van der Waals surface area contributed by atoms with Crippen molar-refractivity contribution in [3.63, 3.8) is 0 Å². The number of hydrogen-bond acceptors (Lipinski definition) is 4. The normalized spacial score (nSPS) is 23.8. The van der Waals surface area contributed by atoms with Crippen LogP contribution in [-0.4, -0.2) is 70.1 Å². The molecule has 1 saturated heterocycles. The second-order valence-corrected chi connectivity index (χ2v) is 6.24. The molecule has 16 heavy (non-hydrogen) atoms. The lowest BCUT2D eigenvalue weighted by Gasteiger charge is -2.23. The Morgan fingerprint density at radius 1 is 1.44 bits per heavy atom. The summed E-state index contributed by atoms with van der Waals surface area (Å²) in [6.07, 6.45) is 1.18. The van der Waals surface area contributed by atoms with Gasteiger partial charge in [-0.05, 0) is 0 Å². The van der Waals surface area contributed by atoms with Crippen LogP contribution in [-0.2, 0) is 14.8 Å². The Kier molecular flexibility index (Phi) is 4.28. The van der Waals surface area contributed by atoms with Gasteiger partial charge in [0.1, 0.15) is 0 Å². The van der Waals surface area contributed by atoms with E-state index in [4.69, 9.17) is 0 Å². The summed E-state index contributed by atoms with van der Waals surface area (Å²) in [6.45, 7) is 1.81. The molecule has 0 bridgehead atoms. The zero-order valence-electron chi connectivity index (χ0n) is 9.93. The second-order valence-electron chi connectivity index (χ2n) is 4.25. The highest BCUT2D eigenvalue weighted by molar-refractivity contribution is 7.88. The van der Waals surface area contributed by atoms with Crippen LogP contribution in [0.3, 0.4) is 0 Å². The average Bonchev–Trinajstić information content (AvgIpc) is 2.40. The van der Waals surface area contributed by atoms with Gasteiger partial charge in [0.15, 0.2) is 0 Å². The van der Waals surface area contributed by atoms with Crippen LogP contribution in [0.25, 0.3) is 0 Å². The van der Waals surface area contributed by atoms with Gasteiger partial charge in [-0.15, -0.1) is 0 Å². The lowest BCUT2D eigenvalue weighted by Crippen LogP contribution is -2.41. The van der Waals surface area contributed by atoms with Crippen molar-refractivity contribution in [2.24, 2.45) is 5.92 Å². The molecule has 1 heterocycles. The van der Waals surface area contributed by atoms with Crippen molar-refractivity contribution in [3.8, 4) is 0 Å². The Hall–Kier alpha value is -0.660. The lowest BCUT2D eigenvalue weighted by atomic mass is 10.1. The number of amides is 1. The van der Waals surface area contributed by atoms with Gasteiger partial charge in [0.25, 0.3) is 0 Å². The van der Waals surface area contributed by atoms with Gasteiger partial charge in [-0.3, -0.25) is 4.79 Å². The van der Waals surface area contributed by atoms with Crippen molar-refractivity contribution in [2.45, 2.75) is 0 Å². The fraction of sp³-hybridized carbons (Fsp3) is 0.889. The van der Waals surface area contributed by atoms with Gasteiger partial charge in [-0.25, -0.2) is 12.7 Å². The minimum atomic E-state index is -3.22. The first kappa shape index (κ1) is 13.4. The maximum atomic E-state index is 11.8. The maximum absolute atomic E-state index is 11.8. The van der Waals surface area contributed by atoms with E-state index in [1.807, 2.05) is 0 Å². The van der Waals surface area contributed by atoms with Crippen LogP contribution in [0.5, 0.6) is 0 Å². The Labute approximate surface area is 96.6 Å². The zero-order valence-corrected chi connectivity index (χ0v) is 10.7. The molecule has 1 fully saturated rings. The Morgan fingerprint density at radius 2 is 2.06 bits per heavy atom. The summed E-state index contributed by atoms with van der Waals surface area (Å²) >= 11 is 0. The number of sulfonamides is 1. The van der Waals surface area contributed by atoms with Crippen LogP contribution in [0.15, 0.2) is 0 Å². The monoisotopic (exact) mass is 249 g/mol. The summed E-state index contributed by atoms with van der Waals surface area (Å²) in [7, 11) is 0.138. The fourth-order valence-corrected chi connectivity index (χ4v) is 2.59. The maximum Gasteiger partial charge on any atom is 0.227 e. The van der Waals surface area contributed by atoms with E-state index in [2.05, 4.69) is 5.32 Å². The standard InChI is InChI=1S/C9H19N3O3S/c1-11(2)9(13)8-6-10-4-5-12(7-8)16(3,14)15/h8,10H,4-7H2,1-3H3. The fourth-order valence-electron chi connectivity index (χ4n) is 1.71. The van der Waals surface area contributed by atoms with Crippen molar-refractivity contribution in [2.75, 3.05) is 46.5 Å². The second kappa shape index (κ2) is 5.11. The molecule has 6 nitrogen and oxygen atoms in total. The van der Waals surface area contributed by atoms with Crippen molar-refractivity contribution >= 4 is 15.9 Å². The van der Waals surface area contributed by atoms with Crippen LogP contribution in [0.2, 0.25) is 0 Å². The van der Waals surface area contributed by atoms with E-state index in [0.717, 1.165) is 0 Å². The van der Waals surface area contributed by atoms with Crippen molar-refractivity contribution in [3.05, 3.63) is 0 Å². The van der Waals surface area contributed by atoms with Crippen LogP contribution in [0.4, 0.5) is 0 Å². The third kappa shape index (κ3) is 3.43. The number of nitrogens with one attached hydrogen (secondary N) is 1. The Morgan fingerprint density at radius 3 is 2.56 bits per heavy atom. The summed E-state index contributed by atoms with van der Waals surface area (Å²) < 4.78 is 24.3. The van der Waals surface area contributed by atoms with Gasteiger partial charge in [0.05, 0.1) is 12.2 Å². The molecule has 1 atom stereocenters. The minimum absolute atomic E-state index is 0.0388. The molecule has 0 radical (unpaired) electrons. The smallest absolute Gasteiger partial charge is 0.227 e. The molecule has 1 amide bonds. The van der Waals surface area contributed by atoms with Crippen LogP contribution < -0.4 is 5.32 Å². The molecular weight excluding hydrogens is 230 g/mol. The van der Waals surface area contributed by atoms with Crippen molar-refractivity contribution < 1.29 is 13.2 Å². The highest BCUT2D eigenvalue weighted by Crippen LogP contribution is 2.09. The molecule has 0 aromatic carbocycles. The molecule has 0 spiro atoms. The summed E-state index contributed by atoms with van der Waals surface area (Å²) in [6, 6.07) is 0. The zero-order chi connectivity index (χ0) is 12.3. The molecule has 0 aromatic rings. The van der Waals surface area contributed by atoms with E-state index >= 15 is 0 Å². The van der Waals surface area contributed by atoms with E-state index in [9.17, 15) is 13.2 Å². The first-order chi connectivity index (χ1) is 7.32. The molecule has 1 unspecified atom stereocenters. The SMILES string of the molecule is CN(C)C(=O)C1CNCCN(S(C)(=O)=O)C1. The Bertz CT molecular complexity index is 353. The van der Waals surface area contributed by atoms with Gasteiger partial charge < -0.3 is 10.2 Å². The minimum Gasteiger partial charge on any atom is -0.348 e. The molecule has 0 saturated carbocycles. The van der Waals surface area contributed by atoms with E-state index in [0.29, 0.717) is 19.6 Å². The predicted octanol–water partition coefficient (Wildman–Crippen LogP) is -1.44. The van der Waals surface area contributed by atoms with Crippen LogP contribution in [0, 0.1) is 5.92 Å². The number of carbonyl (C=O) groups is 1. The third-order valence-electron chi connectivity index (χ3n) is 2.61. The first-order valence-electron chi connectivity index (χ1n) is 5.19. The Balaban J connectivity index is 2.77. The van der Waals surface area contributed by atoms with Gasteiger partial charge in [0.2, 0.25) is 15.9 Å². The van der Waals surface area contributed by atoms with Gasteiger partial charge in [-0.2, -0.15) is 0 Å². The largest absolute Gasteiger partial charge is 0.348 e. The number of carbonyl (C=O) groups excluding carboxylic acids is 1. The highest BCUT2D eigenvalue weighted by Gasteiger charge is 2.29.